The Balaban J connectivity index is 2.41. The summed E-state index contributed by atoms with van der Waals surface area (Å²) < 4.78 is 13.0. The number of hydrogen-bond acceptors (Lipinski definition) is 2. The van der Waals surface area contributed by atoms with Crippen LogP contribution in [0.2, 0.25) is 0 Å². The fraction of sp³-hybridized carbons (Fsp3) is 0.300. The molecule has 1 saturated carbocycles. The Morgan fingerprint density at radius 1 is 1.50 bits per heavy atom. The molecule has 0 saturated heterocycles. The van der Waals surface area contributed by atoms with E-state index in [1.54, 1.807) is 6.07 Å². The SMILES string of the molecule is N=CN(N)c1ccc(F)cc1C1CC1. The number of halogens is 1. The van der Waals surface area contributed by atoms with Crippen molar-refractivity contribution in [1.82, 2.24) is 0 Å². The third kappa shape index (κ3) is 1.61. The van der Waals surface area contributed by atoms with Gasteiger partial charge in [-0.1, -0.05) is 0 Å². The molecule has 74 valence electrons. The van der Waals surface area contributed by atoms with Gasteiger partial charge in [-0.3, -0.25) is 10.4 Å². The zero-order valence-corrected chi connectivity index (χ0v) is 7.70. The zero-order valence-electron chi connectivity index (χ0n) is 7.70. The molecule has 14 heavy (non-hydrogen) atoms. The number of benzene rings is 1. The summed E-state index contributed by atoms with van der Waals surface area (Å²) in [7, 11) is 0. The summed E-state index contributed by atoms with van der Waals surface area (Å²) in [4.78, 5) is 0. The molecule has 0 spiro atoms. The van der Waals surface area contributed by atoms with Gasteiger partial charge in [-0.15, -0.1) is 0 Å². The van der Waals surface area contributed by atoms with Crippen molar-refractivity contribution in [1.29, 1.82) is 5.41 Å². The summed E-state index contributed by atoms with van der Waals surface area (Å²) in [5.74, 6) is 5.76. The molecule has 1 aliphatic carbocycles. The smallest absolute Gasteiger partial charge is 0.123 e. The molecular weight excluding hydrogens is 181 g/mol. The van der Waals surface area contributed by atoms with Gasteiger partial charge in [-0.2, -0.15) is 0 Å². The van der Waals surface area contributed by atoms with E-state index in [4.69, 9.17) is 11.3 Å². The van der Waals surface area contributed by atoms with E-state index < -0.39 is 0 Å². The second-order valence-electron chi connectivity index (χ2n) is 3.51. The Labute approximate surface area is 81.8 Å². The van der Waals surface area contributed by atoms with Crippen LogP contribution in [0, 0.1) is 11.2 Å². The maximum absolute atomic E-state index is 13.0. The molecule has 1 aromatic rings. The topological polar surface area (TPSA) is 53.1 Å². The van der Waals surface area contributed by atoms with Crippen LogP contribution < -0.4 is 10.9 Å². The largest absolute Gasteiger partial charge is 0.290 e. The van der Waals surface area contributed by atoms with Crippen LogP contribution in [0.25, 0.3) is 0 Å². The van der Waals surface area contributed by atoms with Crippen molar-refractivity contribution in [2.75, 3.05) is 5.01 Å². The van der Waals surface area contributed by atoms with Crippen molar-refractivity contribution < 1.29 is 4.39 Å². The van der Waals surface area contributed by atoms with E-state index in [2.05, 4.69) is 0 Å². The molecule has 1 aromatic carbocycles. The summed E-state index contributed by atoms with van der Waals surface area (Å²) in [6, 6.07) is 4.50. The molecule has 0 unspecified atom stereocenters. The van der Waals surface area contributed by atoms with E-state index in [1.165, 1.54) is 17.1 Å². The van der Waals surface area contributed by atoms with Crippen LogP contribution in [0.1, 0.15) is 24.3 Å². The summed E-state index contributed by atoms with van der Waals surface area (Å²) in [6.07, 6.45) is 3.20. The van der Waals surface area contributed by atoms with Gasteiger partial charge >= 0.3 is 0 Å². The van der Waals surface area contributed by atoms with Crippen LogP contribution in [0.3, 0.4) is 0 Å². The molecule has 0 amide bonds. The molecule has 0 bridgehead atoms. The highest BCUT2D eigenvalue weighted by molar-refractivity contribution is 5.77. The first-order valence-corrected chi connectivity index (χ1v) is 4.56. The van der Waals surface area contributed by atoms with Gasteiger partial charge in [0.1, 0.15) is 12.2 Å². The van der Waals surface area contributed by atoms with Crippen LogP contribution in [0.15, 0.2) is 18.2 Å². The van der Waals surface area contributed by atoms with E-state index in [9.17, 15) is 4.39 Å². The van der Waals surface area contributed by atoms with E-state index in [-0.39, 0.29) is 5.82 Å². The third-order valence-corrected chi connectivity index (χ3v) is 2.42. The fourth-order valence-corrected chi connectivity index (χ4v) is 1.55. The van der Waals surface area contributed by atoms with Crippen LogP contribution in [-0.2, 0) is 0 Å². The minimum atomic E-state index is -0.242. The maximum Gasteiger partial charge on any atom is 0.123 e. The second-order valence-corrected chi connectivity index (χ2v) is 3.51. The average molecular weight is 193 g/mol. The molecule has 0 atom stereocenters. The lowest BCUT2D eigenvalue weighted by Gasteiger charge is -2.16. The van der Waals surface area contributed by atoms with Gasteiger partial charge in [0, 0.05) is 0 Å². The summed E-state index contributed by atoms with van der Waals surface area (Å²) >= 11 is 0. The van der Waals surface area contributed by atoms with E-state index in [1.807, 2.05) is 0 Å². The van der Waals surface area contributed by atoms with E-state index >= 15 is 0 Å². The Hall–Kier alpha value is -1.42. The molecule has 1 fully saturated rings. The first-order chi connectivity index (χ1) is 6.72. The molecule has 0 heterocycles. The van der Waals surface area contributed by atoms with Crippen molar-refractivity contribution >= 4 is 12.0 Å². The summed E-state index contributed by atoms with van der Waals surface area (Å²) in [5.41, 5.74) is 1.64. The number of nitrogens with one attached hydrogen (secondary N) is 1. The van der Waals surface area contributed by atoms with Gasteiger partial charge in [-0.25, -0.2) is 10.2 Å². The van der Waals surface area contributed by atoms with Crippen molar-refractivity contribution in [2.24, 2.45) is 5.84 Å². The molecular formula is C10H12FN3. The number of hydrazine groups is 1. The molecule has 1 aliphatic rings. The third-order valence-electron chi connectivity index (χ3n) is 2.42. The molecule has 4 heteroatoms. The lowest BCUT2D eigenvalue weighted by atomic mass is 10.1. The van der Waals surface area contributed by atoms with Gasteiger partial charge in [0.15, 0.2) is 0 Å². The number of anilines is 1. The Bertz CT molecular complexity index is 360. The average Bonchev–Trinajstić information content (AvgIpc) is 3.00. The predicted octanol–water partition coefficient (Wildman–Crippen LogP) is 1.99. The Morgan fingerprint density at radius 3 is 2.79 bits per heavy atom. The zero-order chi connectivity index (χ0) is 10.1. The van der Waals surface area contributed by atoms with E-state index in [0.29, 0.717) is 5.92 Å². The monoisotopic (exact) mass is 193 g/mol. The van der Waals surface area contributed by atoms with Gasteiger partial charge in [0.2, 0.25) is 0 Å². The highest BCUT2D eigenvalue weighted by Gasteiger charge is 2.27. The Morgan fingerprint density at radius 2 is 2.21 bits per heavy atom. The minimum Gasteiger partial charge on any atom is -0.290 e. The highest BCUT2D eigenvalue weighted by Crippen LogP contribution is 2.44. The van der Waals surface area contributed by atoms with E-state index in [0.717, 1.165) is 30.4 Å². The van der Waals surface area contributed by atoms with Crippen LogP contribution in [-0.4, -0.2) is 6.34 Å². The summed E-state index contributed by atoms with van der Waals surface area (Å²) in [6.45, 7) is 0. The van der Waals surface area contributed by atoms with Crippen molar-refractivity contribution in [3.8, 4) is 0 Å². The molecule has 0 radical (unpaired) electrons. The molecule has 0 aliphatic heterocycles. The molecule has 2 rings (SSSR count). The minimum absolute atomic E-state index is 0.242. The fourth-order valence-electron chi connectivity index (χ4n) is 1.55. The molecule has 3 nitrogen and oxygen atoms in total. The lowest BCUT2D eigenvalue weighted by molar-refractivity contribution is 0.625. The maximum atomic E-state index is 13.0. The quantitative estimate of drug-likeness (QED) is 0.334. The standard InChI is InChI=1S/C10H12FN3/c11-8-3-4-10(14(13)6-12)9(5-8)7-1-2-7/h3-7,12H,1-2,13H2. The van der Waals surface area contributed by atoms with Crippen molar-refractivity contribution in [2.45, 2.75) is 18.8 Å². The first-order valence-electron chi connectivity index (χ1n) is 4.56. The normalized spacial score (nSPS) is 15.3. The lowest BCUT2D eigenvalue weighted by Crippen LogP contribution is -2.29. The number of hydrogen-bond donors (Lipinski definition) is 2. The predicted molar refractivity (Wildman–Crippen MR) is 53.8 cm³/mol. The first kappa shape index (κ1) is 9.15. The van der Waals surface area contributed by atoms with Crippen molar-refractivity contribution in [3.63, 3.8) is 0 Å². The van der Waals surface area contributed by atoms with Gasteiger partial charge in [-0.05, 0) is 42.5 Å². The van der Waals surface area contributed by atoms with Crippen LogP contribution in [0.5, 0.6) is 0 Å². The van der Waals surface area contributed by atoms with Crippen LogP contribution in [0.4, 0.5) is 10.1 Å². The van der Waals surface area contributed by atoms with Gasteiger partial charge < -0.3 is 0 Å². The Kier molecular flexibility index (Phi) is 2.21. The number of nitrogens with zero attached hydrogens (tertiary/aromatic N) is 1. The summed E-state index contributed by atoms with van der Waals surface area (Å²) in [5, 5.41) is 8.26. The second kappa shape index (κ2) is 3.38. The van der Waals surface area contributed by atoms with Crippen molar-refractivity contribution in [3.05, 3.63) is 29.6 Å². The number of rotatable bonds is 3. The van der Waals surface area contributed by atoms with Crippen LogP contribution >= 0.6 is 0 Å². The number of nitrogens with two attached hydrogens (primary N) is 1. The van der Waals surface area contributed by atoms with Gasteiger partial charge in [0.25, 0.3) is 0 Å². The molecule has 0 aromatic heterocycles. The molecule has 3 N–H and O–H groups in total. The van der Waals surface area contributed by atoms with Gasteiger partial charge in [0.05, 0.1) is 5.69 Å². The highest BCUT2D eigenvalue weighted by atomic mass is 19.1.